The molecule has 3 aromatic heterocycles. The van der Waals surface area contributed by atoms with Crippen LogP contribution in [-0.2, 0) is 11.3 Å². The molecule has 7 nitrogen and oxygen atoms in total. The number of piperidine rings is 1. The summed E-state index contributed by atoms with van der Waals surface area (Å²) >= 11 is 1.67. The molecule has 1 amide bonds. The molecule has 0 aromatic carbocycles. The molecule has 4 heterocycles. The van der Waals surface area contributed by atoms with Crippen LogP contribution in [0.5, 0.6) is 0 Å². The van der Waals surface area contributed by atoms with Gasteiger partial charge in [-0.05, 0) is 31.2 Å². The Kier molecular flexibility index (Phi) is 5.15. The maximum atomic E-state index is 12.4. The number of imidazole rings is 1. The second kappa shape index (κ2) is 7.87. The standard InChI is InChI=1S/C19H22N6OS/c1-14-20-6-9-25(14)18-11-17(22-13-23-18)24-7-4-15(5-8-24)19(26)21-12-16-3-2-10-27-16/h2-3,6,9-11,13,15H,4-5,7-8,12H2,1H3,(H,21,26). The summed E-state index contributed by atoms with van der Waals surface area (Å²) < 4.78 is 1.94. The fraction of sp³-hybridized carbons (Fsp3) is 0.368. The van der Waals surface area contributed by atoms with Gasteiger partial charge in [-0.3, -0.25) is 9.36 Å². The SMILES string of the molecule is Cc1nccn1-c1cc(N2CCC(C(=O)NCc3cccs3)CC2)ncn1. The smallest absolute Gasteiger partial charge is 0.223 e. The summed E-state index contributed by atoms with van der Waals surface area (Å²) in [7, 11) is 0. The predicted molar refractivity (Wildman–Crippen MR) is 105 cm³/mol. The summed E-state index contributed by atoms with van der Waals surface area (Å²) in [5.41, 5.74) is 0. The van der Waals surface area contributed by atoms with Gasteiger partial charge in [0.2, 0.25) is 5.91 Å². The molecule has 1 saturated heterocycles. The Morgan fingerprint density at radius 1 is 1.26 bits per heavy atom. The van der Waals surface area contributed by atoms with Crippen molar-refractivity contribution in [3.8, 4) is 5.82 Å². The van der Waals surface area contributed by atoms with Gasteiger partial charge in [0.1, 0.15) is 23.8 Å². The van der Waals surface area contributed by atoms with Crippen molar-refractivity contribution in [2.75, 3.05) is 18.0 Å². The van der Waals surface area contributed by atoms with Gasteiger partial charge in [-0.25, -0.2) is 15.0 Å². The van der Waals surface area contributed by atoms with Gasteiger partial charge in [-0.2, -0.15) is 0 Å². The molecule has 3 aromatic rings. The normalized spacial score (nSPS) is 15.1. The molecule has 0 spiro atoms. The molecular formula is C19H22N6OS. The first kappa shape index (κ1) is 17.7. The Morgan fingerprint density at radius 3 is 2.78 bits per heavy atom. The van der Waals surface area contributed by atoms with E-state index < -0.39 is 0 Å². The Labute approximate surface area is 162 Å². The molecule has 8 heteroatoms. The highest BCUT2D eigenvalue weighted by molar-refractivity contribution is 7.09. The van der Waals surface area contributed by atoms with Gasteiger partial charge in [-0.15, -0.1) is 11.3 Å². The van der Waals surface area contributed by atoms with Crippen LogP contribution in [0.25, 0.3) is 5.82 Å². The molecule has 140 valence electrons. The van der Waals surface area contributed by atoms with Crippen LogP contribution in [0.4, 0.5) is 5.82 Å². The van der Waals surface area contributed by atoms with Crippen molar-refractivity contribution in [1.29, 1.82) is 0 Å². The zero-order chi connectivity index (χ0) is 18.6. The second-order valence-corrected chi connectivity index (χ2v) is 7.67. The van der Waals surface area contributed by atoms with E-state index in [4.69, 9.17) is 0 Å². The molecule has 0 radical (unpaired) electrons. The van der Waals surface area contributed by atoms with Crippen LogP contribution in [0.3, 0.4) is 0 Å². The molecule has 0 bridgehead atoms. The highest BCUT2D eigenvalue weighted by atomic mass is 32.1. The summed E-state index contributed by atoms with van der Waals surface area (Å²) in [4.78, 5) is 28.9. The van der Waals surface area contributed by atoms with Gasteiger partial charge in [0.25, 0.3) is 0 Å². The van der Waals surface area contributed by atoms with Crippen molar-refractivity contribution in [1.82, 2.24) is 24.8 Å². The van der Waals surface area contributed by atoms with E-state index in [1.807, 2.05) is 41.3 Å². The summed E-state index contributed by atoms with van der Waals surface area (Å²) in [6, 6.07) is 6.03. The largest absolute Gasteiger partial charge is 0.356 e. The van der Waals surface area contributed by atoms with Crippen molar-refractivity contribution < 1.29 is 4.79 Å². The van der Waals surface area contributed by atoms with E-state index in [1.54, 1.807) is 23.9 Å². The average Bonchev–Trinajstić information content (AvgIpc) is 3.38. The van der Waals surface area contributed by atoms with Gasteiger partial charge < -0.3 is 10.2 Å². The van der Waals surface area contributed by atoms with E-state index in [0.29, 0.717) is 6.54 Å². The lowest BCUT2D eigenvalue weighted by Gasteiger charge is -2.32. The number of aromatic nitrogens is 4. The fourth-order valence-electron chi connectivity index (χ4n) is 3.36. The topological polar surface area (TPSA) is 75.9 Å². The molecule has 1 aliphatic heterocycles. The minimum Gasteiger partial charge on any atom is -0.356 e. The zero-order valence-corrected chi connectivity index (χ0v) is 16.0. The lowest BCUT2D eigenvalue weighted by atomic mass is 9.96. The van der Waals surface area contributed by atoms with Crippen molar-refractivity contribution in [3.05, 3.63) is 53.0 Å². The second-order valence-electron chi connectivity index (χ2n) is 6.64. The Hall–Kier alpha value is -2.74. The van der Waals surface area contributed by atoms with Crippen LogP contribution in [0.15, 0.2) is 42.3 Å². The van der Waals surface area contributed by atoms with Crippen molar-refractivity contribution in [2.24, 2.45) is 5.92 Å². The van der Waals surface area contributed by atoms with E-state index in [-0.39, 0.29) is 11.8 Å². The van der Waals surface area contributed by atoms with Crippen LogP contribution in [-0.4, -0.2) is 38.5 Å². The number of carbonyl (C=O) groups excluding carboxylic acids is 1. The Morgan fingerprint density at radius 2 is 2.07 bits per heavy atom. The van der Waals surface area contributed by atoms with Crippen LogP contribution in [0.1, 0.15) is 23.5 Å². The molecule has 27 heavy (non-hydrogen) atoms. The van der Waals surface area contributed by atoms with Gasteiger partial charge in [0, 0.05) is 42.3 Å². The molecule has 1 aliphatic rings. The molecule has 0 saturated carbocycles. The van der Waals surface area contributed by atoms with Crippen LogP contribution in [0, 0.1) is 12.8 Å². The van der Waals surface area contributed by atoms with Crippen LogP contribution in [0.2, 0.25) is 0 Å². The number of amides is 1. The molecule has 0 atom stereocenters. The first-order valence-electron chi connectivity index (χ1n) is 9.08. The number of carbonyl (C=O) groups is 1. The first-order valence-corrected chi connectivity index (χ1v) is 9.96. The minimum absolute atomic E-state index is 0.0680. The van der Waals surface area contributed by atoms with Crippen molar-refractivity contribution in [2.45, 2.75) is 26.3 Å². The van der Waals surface area contributed by atoms with E-state index in [9.17, 15) is 4.79 Å². The number of hydrogen-bond donors (Lipinski definition) is 1. The number of nitrogens with zero attached hydrogens (tertiary/aromatic N) is 5. The van der Waals surface area contributed by atoms with Crippen LogP contribution >= 0.6 is 11.3 Å². The third-order valence-electron chi connectivity index (χ3n) is 4.92. The summed E-state index contributed by atoms with van der Waals surface area (Å²) in [5, 5.41) is 5.09. The lowest BCUT2D eigenvalue weighted by Crippen LogP contribution is -2.40. The molecule has 0 aliphatic carbocycles. The van der Waals surface area contributed by atoms with E-state index in [2.05, 4.69) is 25.2 Å². The third kappa shape index (κ3) is 4.00. The molecular weight excluding hydrogens is 360 g/mol. The van der Waals surface area contributed by atoms with E-state index >= 15 is 0 Å². The Bertz CT molecular complexity index is 899. The van der Waals surface area contributed by atoms with Crippen molar-refractivity contribution in [3.63, 3.8) is 0 Å². The number of rotatable bonds is 5. The van der Waals surface area contributed by atoms with E-state index in [1.165, 1.54) is 4.88 Å². The van der Waals surface area contributed by atoms with Gasteiger partial charge in [0.05, 0.1) is 6.54 Å². The minimum atomic E-state index is 0.0680. The average molecular weight is 382 g/mol. The quantitative estimate of drug-likeness (QED) is 0.734. The number of aryl methyl sites for hydroxylation is 1. The van der Waals surface area contributed by atoms with Crippen LogP contribution < -0.4 is 10.2 Å². The number of thiophene rings is 1. The third-order valence-corrected chi connectivity index (χ3v) is 5.79. The number of hydrogen-bond acceptors (Lipinski definition) is 6. The number of nitrogens with one attached hydrogen (secondary N) is 1. The van der Waals surface area contributed by atoms with Gasteiger partial charge >= 0.3 is 0 Å². The predicted octanol–water partition coefficient (Wildman–Crippen LogP) is 2.57. The highest BCUT2D eigenvalue weighted by Crippen LogP contribution is 2.23. The van der Waals surface area contributed by atoms with Gasteiger partial charge in [-0.1, -0.05) is 6.07 Å². The molecule has 1 fully saturated rings. The molecule has 0 unspecified atom stereocenters. The molecule has 4 rings (SSSR count). The molecule has 1 N–H and O–H groups in total. The summed E-state index contributed by atoms with van der Waals surface area (Å²) in [6.07, 6.45) is 6.91. The zero-order valence-electron chi connectivity index (χ0n) is 15.2. The van der Waals surface area contributed by atoms with Crippen molar-refractivity contribution >= 4 is 23.1 Å². The number of anilines is 1. The first-order chi connectivity index (χ1) is 13.2. The maximum Gasteiger partial charge on any atom is 0.223 e. The van der Waals surface area contributed by atoms with Gasteiger partial charge in [0.15, 0.2) is 0 Å². The maximum absolute atomic E-state index is 12.4. The highest BCUT2D eigenvalue weighted by Gasteiger charge is 2.25. The summed E-state index contributed by atoms with van der Waals surface area (Å²) in [5.74, 6) is 2.82. The van der Waals surface area contributed by atoms with E-state index in [0.717, 1.165) is 43.4 Å². The Balaban J connectivity index is 1.35. The summed E-state index contributed by atoms with van der Waals surface area (Å²) in [6.45, 7) is 4.20. The monoisotopic (exact) mass is 382 g/mol. The fourth-order valence-corrected chi connectivity index (χ4v) is 4.01. The lowest BCUT2D eigenvalue weighted by molar-refractivity contribution is -0.125.